The second kappa shape index (κ2) is 9.22. The minimum Gasteiger partial charge on any atom is -0.297 e. The van der Waals surface area contributed by atoms with Crippen molar-refractivity contribution in [1.29, 1.82) is 0 Å². The van der Waals surface area contributed by atoms with Gasteiger partial charge in [-0.15, -0.1) is 11.8 Å². The molecule has 0 fully saturated rings. The topological polar surface area (TPSA) is 3.24 Å². The van der Waals surface area contributed by atoms with Crippen molar-refractivity contribution in [2.45, 2.75) is 11.4 Å². The zero-order valence-electron chi connectivity index (χ0n) is 11.5. The fourth-order valence-electron chi connectivity index (χ4n) is 2.04. The molecule has 0 N–H and O–H groups in total. The van der Waals surface area contributed by atoms with Crippen LogP contribution in [0.25, 0.3) is 0 Å². The number of alkyl halides is 1. The van der Waals surface area contributed by atoms with Gasteiger partial charge in [0.1, 0.15) is 0 Å². The molecule has 2 rings (SSSR count). The predicted octanol–water partition coefficient (Wildman–Crippen LogP) is 4.68. The van der Waals surface area contributed by atoms with Gasteiger partial charge in [0, 0.05) is 35.6 Å². The molecule has 0 radical (unpaired) electrons. The van der Waals surface area contributed by atoms with Gasteiger partial charge in [-0.1, -0.05) is 64.5 Å². The van der Waals surface area contributed by atoms with E-state index < -0.39 is 0 Å². The third-order valence-electron chi connectivity index (χ3n) is 3.07. The highest BCUT2D eigenvalue weighted by Crippen LogP contribution is 2.17. The lowest BCUT2D eigenvalue weighted by Gasteiger charge is -2.21. The van der Waals surface area contributed by atoms with E-state index in [1.807, 2.05) is 11.8 Å². The van der Waals surface area contributed by atoms with E-state index in [2.05, 4.69) is 81.5 Å². The first-order chi connectivity index (χ1) is 9.88. The Hall–Kier alpha value is -0.770. The van der Waals surface area contributed by atoms with Gasteiger partial charge in [0.25, 0.3) is 0 Å². The van der Waals surface area contributed by atoms with Crippen molar-refractivity contribution in [3.8, 4) is 0 Å². The molecule has 0 spiro atoms. The molecular weight excluding hydrogens is 330 g/mol. The molecule has 1 nitrogen and oxygen atoms in total. The van der Waals surface area contributed by atoms with E-state index in [4.69, 9.17) is 0 Å². The van der Waals surface area contributed by atoms with Crippen LogP contribution in [0.4, 0.5) is 0 Å². The summed E-state index contributed by atoms with van der Waals surface area (Å²) in [4.78, 5) is 3.85. The van der Waals surface area contributed by atoms with Gasteiger partial charge >= 0.3 is 0 Å². The Bertz CT molecular complexity index is 475. The number of hydrogen-bond acceptors (Lipinski definition) is 2. The van der Waals surface area contributed by atoms with Gasteiger partial charge in [-0.3, -0.25) is 4.90 Å². The van der Waals surface area contributed by atoms with Crippen molar-refractivity contribution in [2.24, 2.45) is 0 Å². The molecule has 3 heteroatoms. The zero-order chi connectivity index (χ0) is 14.0. The van der Waals surface area contributed by atoms with Crippen molar-refractivity contribution < 1.29 is 0 Å². The van der Waals surface area contributed by atoms with Crippen LogP contribution in [0.15, 0.2) is 65.6 Å². The van der Waals surface area contributed by atoms with Gasteiger partial charge in [-0.05, 0) is 17.7 Å². The second-order valence-electron chi connectivity index (χ2n) is 4.61. The van der Waals surface area contributed by atoms with Gasteiger partial charge in [0.05, 0.1) is 0 Å². The quantitative estimate of drug-likeness (QED) is 0.503. The smallest absolute Gasteiger partial charge is 0.0234 e. The van der Waals surface area contributed by atoms with Crippen molar-refractivity contribution in [2.75, 3.05) is 24.2 Å². The molecular formula is C17H20BrNS. The normalized spacial score (nSPS) is 10.9. The molecule has 2 aromatic carbocycles. The molecule has 0 amide bonds. The van der Waals surface area contributed by atoms with E-state index in [0.717, 1.165) is 30.7 Å². The van der Waals surface area contributed by atoms with Crippen LogP contribution in [0.5, 0.6) is 0 Å². The molecule has 0 aliphatic heterocycles. The first-order valence-corrected chi connectivity index (χ1v) is 8.99. The number of nitrogens with zero attached hydrogens (tertiary/aromatic N) is 1. The maximum absolute atomic E-state index is 3.55. The van der Waals surface area contributed by atoms with Crippen LogP contribution in [0.3, 0.4) is 0 Å². The Morgan fingerprint density at radius 1 is 0.850 bits per heavy atom. The molecule has 2 aromatic rings. The first kappa shape index (κ1) is 15.6. The lowest BCUT2D eigenvalue weighted by atomic mass is 10.2. The fourth-order valence-corrected chi connectivity index (χ4v) is 3.48. The summed E-state index contributed by atoms with van der Waals surface area (Å²) in [5, 5.41) is 1.02. The maximum Gasteiger partial charge on any atom is 0.0234 e. The van der Waals surface area contributed by atoms with Crippen molar-refractivity contribution in [3.63, 3.8) is 0 Å². The van der Waals surface area contributed by atoms with E-state index in [1.165, 1.54) is 10.5 Å². The monoisotopic (exact) mass is 349 g/mol. The summed E-state index contributed by atoms with van der Waals surface area (Å²) in [6.07, 6.45) is 0. The summed E-state index contributed by atoms with van der Waals surface area (Å²) in [5.74, 6) is 1.13. The molecule has 0 unspecified atom stereocenters. The Labute approximate surface area is 134 Å². The summed E-state index contributed by atoms with van der Waals surface area (Å²) in [7, 11) is 0. The lowest BCUT2D eigenvalue weighted by Crippen LogP contribution is -2.27. The number of hydrogen-bond donors (Lipinski definition) is 0. The zero-order valence-corrected chi connectivity index (χ0v) is 13.9. The Morgan fingerprint density at radius 3 is 2.15 bits per heavy atom. The van der Waals surface area contributed by atoms with E-state index in [9.17, 15) is 0 Å². The third kappa shape index (κ3) is 5.70. The fraction of sp³-hybridized carbons (Fsp3) is 0.294. The summed E-state index contributed by atoms with van der Waals surface area (Å²) in [6.45, 7) is 3.23. The Morgan fingerprint density at radius 2 is 1.50 bits per heavy atom. The van der Waals surface area contributed by atoms with E-state index in [1.54, 1.807) is 0 Å². The van der Waals surface area contributed by atoms with E-state index >= 15 is 0 Å². The predicted molar refractivity (Wildman–Crippen MR) is 92.7 cm³/mol. The summed E-state index contributed by atoms with van der Waals surface area (Å²) in [5.41, 5.74) is 1.39. The lowest BCUT2D eigenvalue weighted by molar-refractivity contribution is 0.302. The van der Waals surface area contributed by atoms with E-state index in [-0.39, 0.29) is 0 Å². The summed E-state index contributed by atoms with van der Waals surface area (Å²) in [6, 6.07) is 21.3. The number of halogens is 1. The van der Waals surface area contributed by atoms with Gasteiger partial charge in [0.15, 0.2) is 0 Å². The minimum atomic E-state index is 1.02. The van der Waals surface area contributed by atoms with Crippen LogP contribution in [0.2, 0.25) is 0 Å². The highest BCUT2D eigenvalue weighted by atomic mass is 79.9. The number of rotatable bonds is 8. The van der Waals surface area contributed by atoms with Crippen LogP contribution in [0, 0.1) is 0 Å². The molecule has 0 saturated heterocycles. The van der Waals surface area contributed by atoms with Gasteiger partial charge in [-0.2, -0.15) is 0 Å². The van der Waals surface area contributed by atoms with Crippen LogP contribution >= 0.6 is 27.7 Å². The van der Waals surface area contributed by atoms with Crippen LogP contribution in [0.1, 0.15) is 5.56 Å². The highest BCUT2D eigenvalue weighted by molar-refractivity contribution is 9.09. The van der Waals surface area contributed by atoms with Gasteiger partial charge in [0.2, 0.25) is 0 Å². The maximum atomic E-state index is 3.55. The molecule has 0 aromatic heterocycles. The molecule has 106 valence electrons. The van der Waals surface area contributed by atoms with Gasteiger partial charge < -0.3 is 0 Å². The highest BCUT2D eigenvalue weighted by Gasteiger charge is 2.05. The standard InChI is InChI=1S/C17H20BrNS/c18-11-12-19(15-16-7-3-1-4-8-16)13-14-20-17-9-5-2-6-10-17/h1-10H,11-15H2. The molecule has 0 bridgehead atoms. The second-order valence-corrected chi connectivity index (χ2v) is 6.57. The molecule has 20 heavy (non-hydrogen) atoms. The first-order valence-electron chi connectivity index (χ1n) is 6.88. The average molecular weight is 350 g/mol. The molecule has 0 saturated carbocycles. The minimum absolute atomic E-state index is 1.02. The molecule has 0 atom stereocenters. The summed E-state index contributed by atoms with van der Waals surface area (Å²) >= 11 is 5.48. The van der Waals surface area contributed by atoms with E-state index in [0.29, 0.717) is 0 Å². The van der Waals surface area contributed by atoms with Gasteiger partial charge in [-0.25, -0.2) is 0 Å². The van der Waals surface area contributed by atoms with Crippen LogP contribution in [-0.2, 0) is 6.54 Å². The van der Waals surface area contributed by atoms with Crippen LogP contribution < -0.4 is 0 Å². The van der Waals surface area contributed by atoms with Crippen LogP contribution in [-0.4, -0.2) is 29.1 Å². The van der Waals surface area contributed by atoms with Crippen molar-refractivity contribution in [3.05, 3.63) is 66.2 Å². The average Bonchev–Trinajstić information content (AvgIpc) is 2.49. The van der Waals surface area contributed by atoms with Crippen molar-refractivity contribution >= 4 is 27.7 Å². The van der Waals surface area contributed by atoms with Crippen molar-refractivity contribution in [1.82, 2.24) is 4.90 Å². The molecule has 0 aliphatic carbocycles. The SMILES string of the molecule is BrCCN(CCSc1ccccc1)Cc1ccccc1. The largest absolute Gasteiger partial charge is 0.297 e. The number of benzene rings is 2. The summed E-state index contributed by atoms with van der Waals surface area (Å²) < 4.78 is 0. The molecule has 0 heterocycles. The Kier molecular flexibility index (Phi) is 7.20. The molecule has 0 aliphatic rings. The number of thioether (sulfide) groups is 1. The third-order valence-corrected chi connectivity index (χ3v) is 4.42. The Balaban J connectivity index is 1.80.